The largest absolute Gasteiger partial charge is 0.438 e. The van der Waals surface area contributed by atoms with Crippen molar-refractivity contribution in [3.05, 3.63) is 46.1 Å². The first-order valence-corrected chi connectivity index (χ1v) is 6.55. The summed E-state index contributed by atoms with van der Waals surface area (Å²) in [6.07, 6.45) is 0. The minimum Gasteiger partial charge on any atom is -0.438 e. The monoisotopic (exact) mass is 272 g/mol. The first kappa shape index (κ1) is 14.3. The zero-order valence-electron chi connectivity index (χ0n) is 12.3. The van der Waals surface area contributed by atoms with Crippen LogP contribution in [0.2, 0.25) is 0 Å². The van der Waals surface area contributed by atoms with Crippen LogP contribution in [0.3, 0.4) is 0 Å². The first-order valence-electron chi connectivity index (χ1n) is 6.55. The van der Waals surface area contributed by atoms with Gasteiger partial charge in [-0.25, -0.2) is 4.98 Å². The lowest BCUT2D eigenvalue weighted by Crippen LogP contribution is -2.03. The van der Waals surface area contributed by atoms with Crippen LogP contribution in [0.15, 0.2) is 18.2 Å². The highest BCUT2D eigenvalue weighted by Gasteiger charge is 2.14. The Morgan fingerprint density at radius 3 is 2.25 bits per heavy atom. The molecule has 2 aromatic rings. The summed E-state index contributed by atoms with van der Waals surface area (Å²) in [7, 11) is 0. The van der Waals surface area contributed by atoms with Gasteiger partial charge in [0.05, 0.1) is 12.2 Å². The van der Waals surface area contributed by atoms with Gasteiger partial charge in [-0.3, -0.25) is 0 Å². The molecule has 3 N–H and O–H groups in total. The number of aryl methyl sites for hydroxylation is 4. The van der Waals surface area contributed by atoms with E-state index in [4.69, 9.17) is 10.5 Å². The molecule has 4 nitrogen and oxygen atoms in total. The number of hydrogen-bond acceptors (Lipinski definition) is 4. The minimum atomic E-state index is -0.196. The molecule has 0 saturated carbocycles. The fourth-order valence-corrected chi connectivity index (χ4v) is 2.36. The van der Waals surface area contributed by atoms with Gasteiger partial charge >= 0.3 is 0 Å². The second-order valence-corrected chi connectivity index (χ2v) is 5.12. The maximum Gasteiger partial charge on any atom is 0.227 e. The highest BCUT2D eigenvalue weighted by Crippen LogP contribution is 2.32. The van der Waals surface area contributed by atoms with Gasteiger partial charge in [0.1, 0.15) is 5.75 Å². The summed E-state index contributed by atoms with van der Waals surface area (Å²) in [6, 6.07) is 5.84. The number of aromatic nitrogens is 1. The maximum absolute atomic E-state index is 9.45. The van der Waals surface area contributed by atoms with Gasteiger partial charge in [0, 0.05) is 11.4 Å². The van der Waals surface area contributed by atoms with Crippen LogP contribution in [0.1, 0.15) is 27.9 Å². The lowest BCUT2D eigenvalue weighted by atomic mass is 10.1. The second kappa shape index (κ2) is 5.51. The van der Waals surface area contributed by atoms with E-state index in [1.54, 1.807) is 6.07 Å². The van der Waals surface area contributed by atoms with E-state index < -0.39 is 0 Å². The molecule has 0 saturated heterocycles. The van der Waals surface area contributed by atoms with Crippen LogP contribution in [0.25, 0.3) is 0 Å². The molecule has 0 unspecified atom stereocenters. The van der Waals surface area contributed by atoms with E-state index in [9.17, 15) is 5.11 Å². The average Bonchev–Trinajstić information content (AvgIpc) is 2.33. The van der Waals surface area contributed by atoms with Crippen molar-refractivity contribution in [1.29, 1.82) is 0 Å². The molecule has 0 aliphatic carbocycles. The summed E-state index contributed by atoms with van der Waals surface area (Å²) in [5.41, 5.74) is 10.9. The maximum atomic E-state index is 9.45. The Bertz CT molecular complexity index is 628. The number of pyridine rings is 1. The molecular weight excluding hydrogens is 252 g/mol. The molecule has 106 valence electrons. The molecule has 0 aliphatic heterocycles. The summed E-state index contributed by atoms with van der Waals surface area (Å²) in [5.74, 6) is 1.14. The Hall–Kier alpha value is -2.07. The van der Waals surface area contributed by atoms with Crippen LogP contribution in [-0.4, -0.2) is 10.1 Å². The van der Waals surface area contributed by atoms with Crippen molar-refractivity contribution >= 4 is 5.69 Å². The van der Waals surface area contributed by atoms with Crippen molar-refractivity contribution in [2.24, 2.45) is 0 Å². The Labute approximate surface area is 119 Å². The number of hydrogen-bond donors (Lipinski definition) is 2. The highest BCUT2D eigenvalue weighted by molar-refractivity contribution is 5.54. The Kier molecular flexibility index (Phi) is 3.95. The third kappa shape index (κ3) is 2.75. The summed E-state index contributed by atoms with van der Waals surface area (Å²) in [5, 5.41) is 9.45. The zero-order chi connectivity index (χ0) is 14.9. The molecule has 1 heterocycles. The van der Waals surface area contributed by atoms with E-state index >= 15 is 0 Å². The summed E-state index contributed by atoms with van der Waals surface area (Å²) in [4.78, 5) is 4.34. The van der Waals surface area contributed by atoms with Crippen molar-refractivity contribution in [2.45, 2.75) is 34.3 Å². The molecule has 0 spiro atoms. The van der Waals surface area contributed by atoms with Crippen LogP contribution in [0.5, 0.6) is 11.6 Å². The number of benzene rings is 1. The molecule has 20 heavy (non-hydrogen) atoms. The molecule has 4 heteroatoms. The third-order valence-electron chi connectivity index (χ3n) is 3.21. The summed E-state index contributed by atoms with van der Waals surface area (Å²) >= 11 is 0. The van der Waals surface area contributed by atoms with E-state index in [-0.39, 0.29) is 6.61 Å². The standard InChI is InChI=1S/C16H20N2O2/c1-9-5-10(2)15(11(3)6-9)20-16-13(8-19)14(17)7-12(4)18-16/h5-7,19H,8H2,1-4H3,(H2,17,18). The van der Waals surface area contributed by atoms with Gasteiger partial charge in [-0.05, 0) is 44.9 Å². The summed E-state index contributed by atoms with van der Waals surface area (Å²) in [6.45, 7) is 7.68. The number of ether oxygens (including phenoxy) is 1. The highest BCUT2D eigenvalue weighted by atomic mass is 16.5. The van der Waals surface area contributed by atoms with Crippen molar-refractivity contribution in [2.75, 3.05) is 5.73 Å². The Morgan fingerprint density at radius 2 is 1.70 bits per heavy atom. The van der Waals surface area contributed by atoms with Gasteiger partial charge in [0.15, 0.2) is 0 Å². The van der Waals surface area contributed by atoms with Crippen molar-refractivity contribution in [3.8, 4) is 11.6 Å². The number of nitrogens with two attached hydrogens (primary N) is 1. The fraction of sp³-hybridized carbons (Fsp3) is 0.312. The quantitative estimate of drug-likeness (QED) is 0.900. The lowest BCUT2D eigenvalue weighted by Gasteiger charge is -2.15. The average molecular weight is 272 g/mol. The molecule has 0 amide bonds. The molecule has 1 aromatic heterocycles. The van der Waals surface area contributed by atoms with E-state index in [0.717, 1.165) is 22.6 Å². The van der Waals surface area contributed by atoms with E-state index in [1.165, 1.54) is 5.56 Å². The van der Waals surface area contributed by atoms with Gasteiger partial charge in [0.2, 0.25) is 5.88 Å². The summed E-state index contributed by atoms with van der Waals surface area (Å²) < 4.78 is 5.93. The second-order valence-electron chi connectivity index (χ2n) is 5.12. The van der Waals surface area contributed by atoms with Gasteiger partial charge in [0.25, 0.3) is 0 Å². The predicted octanol–water partition coefficient (Wildman–Crippen LogP) is 3.18. The van der Waals surface area contributed by atoms with Crippen LogP contribution in [0.4, 0.5) is 5.69 Å². The van der Waals surface area contributed by atoms with E-state index in [1.807, 2.05) is 27.7 Å². The smallest absolute Gasteiger partial charge is 0.227 e. The number of anilines is 1. The topological polar surface area (TPSA) is 68.4 Å². The predicted molar refractivity (Wildman–Crippen MR) is 80.0 cm³/mol. The Balaban J connectivity index is 2.50. The van der Waals surface area contributed by atoms with Crippen LogP contribution in [-0.2, 0) is 6.61 Å². The number of nitrogen functional groups attached to an aromatic ring is 1. The van der Waals surface area contributed by atoms with E-state index in [2.05, 4.69) is 17.1 Å². The SMILES string of the molecule is Cc1cc(C)c(Oc2nc(C)cc(N)c2CO)c(C)c1. The van der Waals surface area contributed by atoms with Crippen LogP contribution in [0, 0.1) is 27.7 Å². The molecule has 0 bridgehead atoms. The van der Waals surface area contributed by atoms with Crippen LogP contribution >= 0.6 is 0 Å². The molecule has 1 aromatic carbocycles. The van der Waals surface area contributed by atoms with Crippen molar-refractivity contribution in [3.63, 3.8) is 0 Å². The van der Waals surface area contributed by atoms with Crippen LogP contribution < -0.4 is 10.5 Å². The zero-order valence-corrected chi connectivity index (χ0v) is 12.3. The molecule has 2 rings (SSSR count). The lowest BCUT2D eigenvalue weighted by molar-refractivity contribution is 0.275. The van der Waals surface area contributed by atoms with Gasteiger partial charge in [-0.1, -0.05) is 17.7 Å². The van der Waals surface area contributed by atoms with Crippen molar-refractivity contribution < 1.29 is 9.84 Å². The van der Waals surface area contributed by atoms with E-state index in [0.29, 0.717) is 17.1 Å². The number of aliphatic hydroxyl groups excluding tert-OH is 1. The number of aliphatic hydroxyl groups is 1. The first-order chi connectivity index (χ1) is 9.42. The van der Waals surface area contributed by atoms with Crippen molar-refractivity contribution in [1.82, 2.24) is 4.98 Å². The normalized spacial score (nSPS) is 10.7. The Morgan fingerprint density at radius 1 is 1.10 bits per heavy atom. The number of rotatable bonds is 3. The number of nitrogens with zero attached hydrogens (tertiary/aromatic N) is 1. The molecule has 0 fully saturated rings. The molecule has 0 radical (unpaired) electrons. The fourth-order valence-electron chi connectivity index (χ4n) is 2.36. The molecule has 0 aliphatic rings. The van der Waals surface area contributed by atoms with Gasteiger partial charge in [-0.2, -0.15) is 0 Å². The molecule has 0 atom stereocenters. The van der Waals surface area contributed by atoms with Gasteiger partial charge < -0.3 is 15.6 Å². The molecular formula is C16H20N2O2. The van der Waals surface area contributed by atoms with Gasteiger partial charge in [-0.15, -0.1) is 0 Å². The minimum absolute atomic E-state index is 0.196. The third-order valence-corrected chi connectivity index (χ3v) is 3.21.